The maximum Gasteiger partial charge on any atom is 0.416 e. The van der Waals surface area contributed by atoms with Crippen LogP contribution in [0.5, 0.6) is 5.75 Å². The van der Waals surface area contributed by atoms with Gasteiger partial charge in [0.05, 0.1) is 17.6 Å². The maximum atomic E-state index is 13.1. The number of rotatable bonds is 3. The fraction of sp³-hybridized carbons (Fsp3) is 0.125. The summed E-state index contributed by atoms with van der Waals surface area (Å²) in [5.41, 5.74) is 0.157. The van der Waals surface area contributed by atoms with Gasteiger partial charge in [0.25, 0.3) is 0 Å². The number of carbonyl (C=O) groups is 1. The Hall–Kier alpha value is -2.83. The van der Waals surface area contributed by atoms with Crippen LogP contribution in [-0.2, 0) is 12.7 Å². The summed E-state index contributed by atoms with van der Waals surface area (Å²) in [7, 11) is 0. The molecular weight excluding hydrogens is 309 g/mol. The van der Waals surface area contributed by atoms with Crippen LogP contribution in [0, 0.1) is 0 Å². The van der Waals surface area contributed by atoms with Gasteiger partial charge in [-0.15, -0.1) is 0 Å². The van der Waals surface area contributed by atoms with Crippen molar-refractivity contribution >= 4 is 17.2 Å². The van der Waals surface area contributed by atoms with Crippen molar-refractivity contribution in [1.29, 1.82) is 0 Å². The SMILES string of the molecule is O=Cc1ccc2nn(Cc3ccc(O)cc3C(F)(F)F)cc2c1. The number of nitrogens with zero attached hydrogens (tertiary/aromatic N) is 2. The minimum atomic E-state index is -4.56. The second-order valence-electron chi connectivity index (χ2n) is 5.10. The van der Waals surface area contributed by atoms with Gasteiger partial charge in [-0.2, -0.15) is 18.3 Å². The first-order valence-electron chi connectivity index (χ1n) is 6.68. The van der Waals surface area contributed by atoms with Crippen molar-refractivity contribution < 1.29 is 23.1 Å². The van der Waals surface area contributed by atoms with Crippen molar-refractivity contribution in [2.45, 2.75) is 12.7 Å². The molecule has 0 aliphatic heterocycles. The van der Waals surface area contributed by atoms with Crippen molar-refractivity contribution in [3.63, 3.8) is 0 Å². The number of hydrogen-bond donors (Lipinski definition) is 1. The highest BCUT2D eigenvalue weighted by atomic mass is 19.4. The summed E-state index contributed by atoms with van der Waals surface area (Å²) < 4.78 is 40.5. The topological polar surface area (TPSA) is 55.1 Å². The van der Waals surface area contributed by atoms with Gasteiger partial charge < -0.3 is 5.11 Å². The van der Waals surface area contributed by atoms with E-state index in [-0.39, 0.29) is 12.1 Å². The van der Waals surface area contributed by atoms with E-state index in [1.807, 2.05) is 0 Å². The summed E-state index contributed by atoms with van der Waals surface area (Å²) in [6.45, 7) is -0.0970. The number of phenols is 1. The second kappa shape index (κ2) is 5.42. The molecule has 23 heavy (non-hydrogen) atoms. The van der Waals surface area contributed by atoms with E-state index in [9.17, 15) is 23.1 Å². The Labute approximate surface area is 128 Å². The number of halogens is 3. The monoisotopic (exact) mass is 320 g/mol. The Balaban J connectivity index is 2.00. The minimum Gasteiger partial charge on any atom is -0.508 e. The molecule has 1 aromatic heterocycles. The lowest BCUT2D eigenvalue weighted by atomic mass is 10.1. The second-order valence-corrected chi connectivity index (χ2v) is 5.10. The summed E-state index contributed by atoms with van der Waals surface area (Å²) in [6.07, 6.45) is -2.29. The molecule has 0 atom stereocenters. The third-order valence-electron chi connectivity index (χ3n) is 3.44. The lowest BCUT2D eigenvalue weighted by Gasteiger charge is -2.13. The van der Waals surface area contributed by atoms with Crippen LogP contribution >= 0.6 is 0 Å². The Morgan fingerprint density at radius 3 is 2.65 bits per heavy atom. The average Bonchev–Trinajstić information content (AvgIpc) is 2.89. The minimum absolute atomic E-state index is 0.00119. The molecule has 1 N–H and O–H groups in total. The maximum absolute atomic E-state index is 13.1. The van der Waals surface area contributed by atoms with Crippen molar-refractivity contribution in [1.82, 2.24) is 9.78 Å². The molecule has 0 radical (unpaired) electrons. The predicted octanol–water partition coefficient (Wildman–Crippen LogP) is 3.62. The van der Waals surface area contributed by atoms with Crippen molar-refractivity contribution in [3.8, 4) is 5.75 Å². The van der Waals surface area contributed by atoms with E-state index < -0.39 is 17.5 Å². The molecule has 1 heterocycles. The van der Waals surface area contributed by atoms with E-state index in [0.717, 1.165) is 0 Å². The zero-order valence-corrected chi connectivity index (χ0v) is 11.7. The van der Waals surface area contributed by atoms with Gasteiger partial charge in [0.2, 0.25) is 0 Å². The molecule has 118 valence electrons. The molecule has 0 unspecified atom stereocenters. The van der Waals surface area contributed by atoms with Crippen LogP contribution in [0.2, 0.25) is 0 Å². The molecular formula is C16H11F3N2O2. The van der Waals surface area contributed by atoms with Crippen LogP contribution < -0.4 is 0 Å². The summed E-state index contributed by atoms with van der Waals surface area (Å²) in [6, 6.07) is 7.97. The van der Waals surface area contributed by atoms with Crippen LogP contribution in [0.4, 0.5) is 13.2 Å². The number of alkyl halides is 3. The normalized spacial score (nSPS) is 11.8. The summed E-state index contributed by atoms with van der Waals surface area (Å²) >= 11 is 0. The number of fused-ring (bicyclic) bond motifs is 1. The van der Waals surface area contributed by atoms with Gasteiger partial charge in [0, 0.05) is 17.1 Å². The fourth-order valence-corrected chi connectivity index (χ4v) is 2.39. The summed E-state index contributed by atoms with van der Waals surface area (Å²) in [5.74, 6) is -0.442. The van der Waals surface area contributed by atoms with Gasteiger partial charge in [-0.05, 0) is 35.9 Å². The molecule has 0 spiro atoms. The Morgan fingerprint density at radius 2 is 1.96 bits per heavy atom. The Kier molecular flexibility index (Phi) is 3.55. The molecule has 0 fully saturated rings. The van der Waals surface area contributed by atoms with E-state index in [4.69, 9.17) is 0 Å². The highest BCUT2D eigenvalue weighted by molar-refractivity contribution is 5.86. The number of phenolic OH excluding ortho intramolecular Hbond substituents is 1. The largest absolute Gasteiger partial charge is 0.508 e. The molecule has 0 aliphatic carbocycles. The molecule has 3 rings (SSSR count). The first-order valence-corrected chi connectivity index (χ1v) is 6.68. The molecule has 3 aromatic rings. The molecule has 0 saturated carbocycles. The van der Waals surface area contributed by atoms with E-state index in [2.05, 4.69) is 5.10 Å². The van der Waals surface area contributed by atoms with Crippen LogP contribution in [0.1, 0.15) is 21.5 Å². The van der Waals surface area contributed by atoms with Crippen LogP contribution in [0.25, 0.3) is 10.9 Å². The number of aldehydes is 1. The van der Waals surface area contributed by atoms with Crippen molar-refractivity contribution in [3.05, 3.63) is 59.3 Å². The molecule has 0 saturated heterocycles. The molecule has 0 bridgehead atoms. The predicted molar refractivity (Wildman–Crippen MR) is 77.3 cm³/mol. The molecule has 2 aromatic carbocycles. The van der Waals surface area contributed by atoms with Crippen molar-refractivity contribution in [2.24, 2.45) is 0 Å². The number of carbonyl (C=O) groups excluding carboxylic acids is 1. The van der Waals surface area contributed by atoms with Crippen LogP contribution in [0.15, 0.2) is 42.6 Å². The summed E-state index contributed by atoms with van der Waals surface area (Å²) in [4.78, 5) is 10.8. The zero-order chi connectivity index (χ0) is 16.6. The highest BCUT2D eigenvalue weighted by Gasteiger charge is 2.33. The lowest BCUT2D eigenvalue weighted by molar-refractivity contribution is -0.138. The smallest absolute Gasteiger partial charge is 0.416 e. The first kappa shape index (κ1) is 15.1. The third kappa shape index (κ3) is 3.03. The van der Waals surface area contributed by atoms with Gasteiger partial charge in [-0.25, -0.2) is 0 Å². The van der Waals surface area contributed by atoms with Gasteiger partial charge in [0.1, 0.15) is 12.0 Å². The van der Waals surface area contributed by atoms with Gasteiger partial charge >= 0.3 is 6.18 Å². The number of hydrogen-bond acceptors (Lipinski definition) is 3. The molecule has 0 aliphatic rings. The van der Waals surface area contributed by atoms with E-state index in [1.54, 1.807) is 24.4 Å². The highest BCUT2D eigenvalue weighted by Crippen LogP contribution is 2.34. The van der Waals surface area contributed by atoms with Gasteiger partial charge in [0.15, 0.2) is 0 Å². The number of aromatic nitrogens is 2. The van der Waals surface area contributed by atoms with Crippen molar-refractivity contribution in [2.75, 3.05) is 0 Å². The van der Waals surface area contributed by atoms with Gasteiger partial charge in [-0.3, -0.25) is 9.48 Å². The lowest BCUT2D eigenvalue weighted by Crippen LogP contribution is -2.12. The molecule has 4 nitrogen and oxygen atoms in total. The standard InChI is InChI=1S/C16H11F3N2O2/c17-16(18,19)14-6-13(23)3-2-11(14)7-21-8-12-5-10(9-22)1-4-15(12)20-21/h1-6,8-9,23H,7H2. The van der Waals surface area contributed by atoms with Crippen LogP contribution in [0.3, 0.4) is 0 Å². The van der Waals surface area contributed by atoms with E-state index >= 15 is 0 Å². The Morgan fingerprint density at radius 1 is 1.17 bits per heavy atom. The third-order valence-corrected chi connectivity index (χ3v) is 3.44. The Bertz CT molecular complexity index is 885. The number of aromatic hydroxyl groups is 1. The number of benzene rings is 2. The van der Waals surface area contributed by atoms with Gasteiger partial charge in [-0.1, -0.05) is 6.07 Å². The summed E-state index contributed by atoms with van der Waals surface area (Å²) in [5, 5.41) is 14.2. The van der Waals surface area contributed by atoms with E-state index in [0.29, 0.717) is 28.8 Å². The zero-order valence-electron chi connectivity index (χ0n) is 11.7. The molecule has 0 amide bonds. The molecule has 7 heteroatoms. The average molecular weight is 320 g/mol. The quantitative estimate of drug-likeness (QED) is 0.750. The first-order chi connectivity index (χ1) is 10.9. The van der Waals surface area contributed by atoms with Crippen LogP contribution in [-0.4, -0.2) is 21.2 Å². The van der Waals surface area contributed by atoms with E-state index in [1.165, 1.54) is 16.8 Å². The fourth-order valence-electron chi connectivity index (χ4n) is 2.39.